The molecule has 3 heteroatoms. The van der Waals surface area contributed by atoms with Crippen LogP contribution in [0, 0.1) is 4.91 Å². The normalized spacial score (nSPS) is 21.0. The van der Waals surface area contributed by atoms with E-state index in [0.29, 0.717) is 18.1 Å². The molecule has 0 atom stereocenters. The Morgan fingerprint density at radius 3 is 2.67 bits per heavy atom. The van der Waals surface area contributed by atoms with Crippen molar-refractivity contribution in [2.75, 3.05) is 13.2 Å². The highest BCUT2D eigenvalue weighted by atomic mass is 16.8. The van der Waals surface area contributed by atoms with Crippen molar-refractivity contribution in [3.63, 3.8) is 0 Å². The molecule has 1 aliphatic rings. The Balaban J connectivity index is 2.37. The molecular weight excluding hydrogens is 82.0 g/mol. The van der Waals surface area contributed by atoms with Crippen LogP contribution in [0.3, 0.4) is 0 Å². The van der Waals surface area contributed by atoms with Gasteiger partial charge in [0.15, 0.2) is 6.61 Å². The molecule has 0 aromatic heterocycles. The van der Waals surface area contributed by atoms with Crippen LogP contribution >= 0.6 is 0 Å². The minimum Gasteiger partial charge on any atom is -0.232 e. The van der Waals surface area contributed by atoms with Gasteiger partial charge in [0.2, 0.25) is 4.92 Å². The van der Waals surface area contributed by atoms with Crippen molar-refractivity contribution >= 4 is 0 Å². The van der Waals surface area contributed by atoms with Crippen LogP contribution in [0.4, 0.5) is 0 Å². The first-order valence-corrected chi connectivity index (χ1v) is 1.97. The molecule has 1 heterocycles. The summed E-state index contributed by atoms with van der Waals surface area (Å²) in [5.74, 6) is 0. The van der Waals surface area contributed by atoms with E-state index in [9.17, 15) is 4.91 Å². The summed E-state index contributed by atoms with van der Waals surface area (Å²) in [6.45, 7) is 1.14. The van der Waals surface area contributed by atoms with Crippen LogP contribution in [0.1, 0.15) is 6.42 Å². The summed E-state index contributed by atoms with van der Waals surface area (Å²) in [5.41, 5.74) is 0. The van der Waals surface area contributed by atoms with Gasteiger partial charge in [-0.2, -0.15) is 0 Å². The van der Waals surface area contributed by atoms with Crippen LogP contribution in [0.2, 0.25) is 0 Å². The molecule has 34 valence electrons. The highest BCUT2D eigenvalue weighted by Gasteiger charge is 2.17. The summed E-state index contributed by atoms with van der Waals surface area (Å²) in [4.78, 5) is 15.0. The van der Waals surface area contributed by atoms with E-state index in [1.54, 1.807) is 0 Å². The molecule has 1 fully saturated rings. The van der Waals surface area contributed by atoms with Crippen molar-refractivity contribution in [1.82, 2.24) is 0 Å². The van der Waals surface area contributed by atoms with Gasteiger partial charge < -0.3 is 0 Å². The molecule has 0 aliphatic carbocycles. The molecule has 1 aliphatic heterocycles. The van der Waals surface area contributed by atoms with Crippen molar-refractivity contribution < 1.29 is 9.76 Å². The number of hydrogen-bond acceptors (Lipinski definition) is 2. The van der Waals surface area contributed by atoms with Crippen LogP contribution < -0.4 is 0 Å². The lowest BCUT2D eigenvalue weighted by Gasteiger charge is -1.69. The van der Waals surface area contributed by atoms with Crippen molar-refractivity contribution in [3.05, 3.63) is 4.91 Å². The third-order valence-electron chi connectivity index (χ3n) is 0.720. The van der Waals surface area contributed by atoms with Crippen molar-refractivity contribution in [3.8, 4) is 0 Å². The monoisotopic (exact) mass is 88.0 g/mol. The number of hydrogen-bond donors (Lipinski definition) is 0. The lowest BCUT2D eigenvalue weighted by molar-refractivity contribution is -0.779. The van der Waals surface area contributed by atoms with E-state index in [4.69, 9.17) is 0 Å². The minimum atomic E-state index is 0.542. The van der Waals surface area contributed by atoms with Crippen molar-refractivity contribution in [1.29, 1.82) is 0 Å². The largest absolute Gasteiger partial charge is 0.251 e. The first kappa shape index (κ1) is 3.59. The smallest absolute Gasteiger partial charge is 0.232 e. The molecule has 1 saturated heterocycles. The molecule has 0 unspecified atom stereocenters. The van der Waals surface area contributed by atoms with E-state index >= 15 is 0 Å². The molecule has 1 rings (SSSR count). The molecule has 0 aromatic rings. The maximum Gasteiger partial charge on any atom is 0.251 e. The van der Waals surface area contributed by atoms with Crippen molar-refractivity contribution in [2.24, 2.45) is 0 Å². The Hall–Kier alpha value is -0.600. The summed E-state index contributed by atoms with van der Waals surface area (Å²) in [6.07, 6.45) is 0.878. The highest BCUT2D eigenvalue weighted by Crippen LogP contribution is 1.93. The highest BCUT2D eigenvalue weighted by molar-refractivity contribution is 4.30. The molecule has 0 saturated carbocycles. The van der Waals surface area contributed by atoms with Gasteiger partial charge in [-0.3, -0.25) is 0 Å². The zero-order chi connectivity index (χ0) is 4.41. The Bertz CT molecular complexity index is 63.2. The zero-order valence-electron chi connectivity index (χ0n) is 3.39. The second-order valence-corrected chi connectivity index (χ2v) is 1.24. The zero-order valence-corrected chi connectivity index (χ0v) is 3.39. The molecule has 0 amide bonds. The maximum absolute atomic E-state index is 9.94. The van der Waals surface area contributed by atoms with Gasteiger partial charge in [-0.05, 0) is 0 Å². The summed E-state index contributed by atoms with van der Waals surface area (Å²) in [6, 6.07) is 0. The van der Waals surface area contributed by atoms with Crippen molar-refractivity contribution in [2.45, 2.75) is 6.42 Å². The van der Waals surface area contributed by atoms with Gasteiger partial charge in [-0.1, -0.05) is 0 Å². The molecule has 0 radical (unpaired) electrons. The average Bonchev–Trinajstić information content (AvgIpc) is 1.86. The van der Waals surface area contributed by atoms with Gasteiger partial charge in [0.1, 0.15) is 0 Å². The second kappa shape index (κ2) is 1.24. The van der Waals surface area contributed by atoms with Crippen LogP contribution in [-0.2, 0) is 4.84 Å². The van der Waals surface area contributed by atoms with Crippen LogP contribution in [0.25, 0.3) is 0 Å². The van der Waals surface area contributed by atoms with E-state index in [1.807, 2.05) is 0 Å². The van der Waals surface area contributed by atoms with E-state index in [1.165, 1.54) is 0 Å². The van der Waals surface area contributed by atoms with Gasteiger partial charge in [-0.15, -0.1) is 0 Å². The fourth-order valence-electron chi connectivity index (χ4n) is 0.425. The first-order valence-electron chi connectivity index (χ1n) is 1.97. The first-order chi connectivity index (χ1) is 2.89. The molecule has 0 aromatic carbocycles. The predicted molar refractivity (Wildman–Crippen MR) is 19.1 cm³/mol. The summed E-state index contributed by atoms with van der Waals surface area (Å²) in [7, 11) is 0. The number of rotatable bonds is 0. The van der Waals surface area contributed by atoms with Crippen LogP contribution in [-0.4, -0.2) is 18.1 Å². The number of nitrogens with zero attached hydrogens (tertiary/aromatic N) is 1. The molecule has 0 N–H and O–H groups in total. The Labute approximate surface area is 35.4 Å². The average molecular weight is 88.1 g/mol. The molecule has 0 spiro atoms. The topological polar surface area (TPSA) is 29.3 Å². The fourth-order valence-corrected chi connectivity index (χ4v) is 0.425. The Kier molecular flexibility index (Phi) is 0.742. The molecule has 0 bridgehead atoms. The second-order valence-electron chi connectivity index (χ2n) is 1.24. The lowest BCUT2D eigenvalue weighted by Crippen LogP contribution is -1.95. The van der Waals surface area contributed by atoms with Gasteiger partial charge >= 0.3 is 0 Å². The van der Waals surface area contributed by atoms with E-state index < -0.39 is 0 Å². The summed E-state index contributed by atoms with van der Waals surface area (Å²) >= 11 is 0. The van der Waals surface area contributed by atoms with Crippen LogP contribution in [0.15, 0.2) is 0 Å². The van der Waals surface area contributed by atoms with Gasteiger partial charge in [0.25, 0.3) is 6.54 Å². The summed E-state index contributed by atoms with van der Waals surface area (Å²) in [5, 5.41) is 0. The third-order valence-corrected chi connectivity index (χ3v) is 0.720. The van der Waals surface area contributed by atoms with Gasteiger partial charge in [0, 0.05) is 0 Å². The maximum atomic E-state index is 9.94. The Morgan fingerprint density at radius 1 is 1.67 bits per heavy atom. The molecule has 3 nitrogen and oxygen atoms in total. The third kappa shape index (κ3) is 0.478. The molecular formula is C3H6NO2+. The summed E-state index contributed by atoms with van der Waals surface area (Å²) < 4.78 is 0. The van der Waals surface area contributed by atoms with Gasteiger partial charge in [0.05, 0.1) is 11.3 Å². The quantitative estimate of drug-likeness (QED) is 0.420. The van der Waals surface area contributed by atoms with Crippen LogP contribution in [0.5, 0.6) is 0 Å². The molecule has 6 heavy (non-hydrogen) atoms. The SMILES string of the molecule is O=[N+]1CCCO1. The lowest BCUT2D eigenvalue weighted by atomic mass is 10.5. The fraction of sp³-hybridized carbons (Fsp3) is 1.00. The van der Waals surface area contributed by atoms with Gasteiger partial charge in [-0.25, -0.2) is 4.84 Å². The predicted octanol–water partition coefficient (Wildman–Crippen LogP) is 0.101. The Morgan fingerprint density at radius 2 is 2.50 bits per heavy atom. The van der Waals surface area contributed by atoms with E-state index in [0.717, 1.165) is 6.42 Å². The van der Waals surface area contributed by atoms with E-state index in [-0.39, 0.29) is 0 Å². The minimum absolute atomic E-state index is 0.542. The van der Waals surface area contributed by atoms with E-state index in [2.05, 4.69) is 4.84 Å². The standard InChI is InChI=1S/C3H6NO2/c5-4-2-1-3-6-4/h1-3H2/q+1.